The monoisotopic (exact) mass is 311 g/mol. The molecule has 1 saturated heterocycles. The maximum absolute atomic E-state index is 13.1. The lowest BCUT2D eigenvalue weighted by molar-refractivity contribution is 0.294. The summed E-state index contributed by atoms with van der Waals surface area (Å²) in [6.45, 7) is 3.14. The molecule has 1 N–H and O–H groups in total. The van der Waals surface area contributed by atoms with Gasteiger partial charge < -0.3 is 9.84 Å². The van der Waals surface area contributed by atoms with Crippen LogP contribution in [0.4, 0.5) is 4.39 Å². The predicted molar refractivity (Wildman–Crippen MR) is 80.2 cm³/mol. The zero-order valence-corrected chi connectivity index (χ0v) is 12.7. The smallest absolute Gasteiger partial charge is 0.229 e. The first-order valence-corrected chi connectivity index (χ1v) is 7.01. The van der Waals surface area contributed by atoms with Crippen molar-refractivity contribution in [2.75, 3.05) is 6.54 Å². The summed E-state index contributed by atoms with van der Waals surface area (Å²) in [5.41, 5.74) is 0.857. The Morgan fingerprint density at radius 1 is 1.43 bits per heavy atom. The van der Waals surface area contributed by atoms with Crippen LogP contribution in [0.1, 0.15) is 43.0 Å². The SMILES string of the molecule is C[C@H]1C[C@@H](c2nc(Cc3cccc(F)c3)no2)CCN1.Cl. The van der Waals surface area contributed by atoms with Crippen molar-refractivity contribution < 1.29 is 8.91 Å². The molecule has 2 atom stereocenters. The minimum atomic E-state index is -0.238. The van der Waals surface area contributed by atoms with Crippen molar-refractivity contribution in [3.63, 3.8) is 0 Å². The Balaban J connectivity index is 0.00000161. The molecule has 0 saturated carbocycles. The maximum Gasteiger partial charge on any atom is 0.229 e. The van der Waals surface area contributed by atoms with E-state index in [1.54, 1.807) is 6.07 Å². The van der Waals surface area contributed by atoms with Crippen LogP contribution < -0.4 is 5.32 Å². The molecule has 114 valence electrons. The summed E-state index contributed by atoms with van der Waals surface area (Å²) < 4.78 is 18.5. The van der Waals surface area contributed by atoms with Crippen LogP contribution in [-0.4, -0.2) is 22.7 Å². The number of hydrogen-bond acceptors (Lipinski definition) is 4. The van der Waals surface area contributed by atoms with Gasteiger partial charge in [0.05, 0.1) is 0 Å². The molecule has 2 aromatic rings. The number of benzene rings is 1. The second-order valence-electron chi connectivity index (χ2n) is 5.43. The van der Waals surface area contributed by atoms with E-state index in [1.165, 1.54) is 12.1 Å². The fourth-order valence-corrected chi connectivity index (χ4v) is 2.69. The highest BCUT2D eigenvalue weighted by molar-refractivity contribution is 5.85. The van der Waals surface area contributed by atoms with E-state index >= 15 is 0 Å². The standard InChI is InChI=1S/C15H18FN3O.ClH/c1-10-7-12(5-6-17-10)15-18-14(19-20-15)9-11-3-2-4-13(16)8-11;/h2-4,8,10,12,17H,5-7,9H2,1H3;1H/t10-,12-;/m0./s1. The highest BCUT2D eigenvalue weighted by Gasteiger charge is 2.24. The molecule has 1 aliphatic heterocycles. The summed E-state index contributed by atoms with van der Waals surface area (Å²) in [6.07, 6.45) is 2.54. The summed E-state index contributed by atoms with van der Waals surface area (Å²) in [4.78, 5) is 4.47. The summed E-state index contributed by atoms with van der Waals surface area (Å²) in [5.74, 6) is 1.43. The third-order valence-corrected chi connectivity index (χ3v) is 3.71. The topological polar surface area (TPSA) is 51.0 Å². The van der Waals surface area contributed by atoms with E-state index in [0.717, 1.165) is 24.9 Å². The van der Waals surface area contributed by atoms with E-state index < -0.39 is 0 Å². The second-order valence-corrected chi connectivity index (χ2v) is 5.43. The van der Waals surface area contributed by atoms with E-state index in [2.05, 4.69) is 22.4 Å². The van der Waals surface area contributed by atoms with Crippen molar-refractivity contribution in [3.8, 4) is 0 Å². The van der Waals surface area contributed by atoms with Gasteiger partial charge in [-0.2, -0.15) is 4.98 Å². The lowest BCUT2D eigenvalue weighted by Crippen LogP contribution is -2.34. The Hall–Kier alpha value is -1.46. The minimum Gasteiger partial charge on any atom is -0.339 e. The second kappa shape index (κ2) is 7.00. The molecular formula is C15H19ClFN3O. The molecule has 1 aliphatic rings. The zero-order chi connectivity index (χ0) is 13.9. The van der Waals surface area contributed by atoms with Crippen LogP contribution >= 0.6 is 12.4 Å². The summed E-state index contributed by atoms with van der Waals surface area (Å²) in [6, 6.07) is 6.98. The van der Waals surface area contributed by atoms with Gasteiger partial charge in [0.15, 0.2) is 5.82 Å². The van der Waals surface area contributed by atoms with Crippen LogP contribution in [0.2, 0.25) is 0 Å². The molecule has 1 fully saturated rings. The molecule has 3 rings (SSSR count). The predicted octanol–water partition coefficient (Wildman–Crippen LogP) is 3.08. The molecule has 1 aromatic carbocycles. The fraction of sp³-hybridized carbons (Fsp3) is 0.467. The fourth-order valence-electron chi connectivity index (χ4n) is 2.69. The van der Waals surface area contributed by atoms with Gasteiger partial charge in [-0.3, -0.25) is 0 Å². The third-order valence-electron chi connectivity index (χ3n) is 3.71. The van der Waals surface area contributed by atoms with Gasteiger partial charge in [0, 0.05) is 18.4 Å². The first-order chi connectivity index (χ1) is 9.70. The van der Waals surface area contributed by atoms with E-state index in [-0.39, 0.29) is 18.2 Å². The largest absolute Gasteiger partial charge is 0.339 e. The van der Waals surface area contributed by atoms with Crippen molar-refractivity contribution in [3.05, 3.63) is 47.4 Å². The Kier molecular flexibility index (Phi) is 5.31. The highest BCUT2D eigenvalue weighted by Crippen LogP contribution is 2.26. The quantitative estimate of drug-likeness (QED) is 0.946. The number of halogens is 2. The average Bonchev–Trinajstić information content (AvgIpc) is 2.87. The van der Waals surface area contributed by atoms with Gasteiger partial charge in [-0.15, -0.1) is 12.4 Å². The molecule has 21 heavy (non-hydrogen) atoms. The van der Waals surface area contributed by atoms with Crippen molar-refractivity contribution in [2.45, 2.75) is 38.1 Å². The maximum atomic E-state index is 13.1. The number of nitrogens with one attached hydrogen (secondary N) is 1. The Morgan fingerprint density at radius 2 is 2.29 bits per heavy atom. The molecule has 0 spiro atoms. The molecule has 2 heterocycles. The van der Waals surface area contributed by atoms with Gasteiger partial charge in [0.2, 0.25) is 5.89 Å². The molecule has 0 unspecified atom stereocenters. The zero-order valence-electron chi connectivity index (χ0n) is 11.9. The lowest BCUT2D eigenvalue weighted by Gasteiger charge is -2.25. The molecule has 1 aromatic heterocycles. The molecule has 4 nitrogen and oxygen atoms in total. The van der Waals surface area contributed by atoms with Crippen molar-refractivity contribution in [2.24, 2.45) is 0 Å². The van der Waals surface area contributed by atoms with Gasteiger partial charge in [-0.25, -0.2) is 4.39 Å². The number of piperidine rings is 1. The molecular weight excluding hydrogens is 293 g/mol. The van der Waals surface area contributed by atoms with E-state index in [1.807, 2.05) is 6.07 Å². The van der Waals surface area contributed by atoms with E-state index in [0.29, 0.717) is 30.1 Å². The summed E-state index contributed by atoms with van der Waals surface area (Å²) in [7, 11) is 0. The molecule has 6 heteroatoms. The van der Waals surface area contributed by atoms with Gasteiger partial charge in [-0.05, 0) is 44.0 Å². The van der Waals surface area contributed by atoms with E-state index in [9.17, 15) is 4.39 Å². The van der Waals surface area contributed by atoms with Gasteiger partial charge in [0.25, 0.3) is 0 Å². The molecule has 0 bridgehead atoms. The van der Waals surface area contributed by atoms with Crippen LogP contribution in [-0.2, 0) is 6.42 Å². The van der Waals surface area contributed by atoms with Crippen LogP contribution in [0.25, 0.3) is 0 Å². The van der Waals surface area contributed by atoms with Crippen LogP contribution in [0, 0.1) is 5.82 Å². The molecule has 0 aliphatic carbocycles. The Bertz CT molecular complexity index is 590. The summed E-state index contributed by atoms with van der Waals surface area (Å²) in [5, 5.41) is 7.42. The van der Waals surface area contributed by atoms with Gasteiger partial charge in [0.1, 0.15) is 5.82 Å². The number of hydrogen-bond donors (Lipinski definition) is 1. The normalized spacial score (nSPS) is 21.8. The molecule has 0 amide bonds. The third kappa shape index (κ3) is 4.02. The number of aromatic nitrogens is 2. The van der Waals surface area contributed by atoms with Crippen molar-refractivity contribution >= 4 is 12.4 Å². The lowest BCUT2D eigenvalue weighted by atomic mass is 9.93. The van der Waals surface area contributed by atoms with Crippen molar-refractivity contribution in [1.29, 1.82) is 0 Å². The Morgan fingerprint density at radius 3 is 3.05 bits per heavy atom. The number of nitrogens with zero attached hydrogens (tertiary/aromatic N) is 2. The van der Waals surface area contributed by atoms with Crippen LogP contribution in [0.5, 0.6) is 0 Å². The van der Waals surface area contributed by atoms with Crippen molar-refractivity contribution in [1.82, 2.24) is 15.5 Å². The van der Waals surface area contributed by atoms with Gasteiger partial charge >= 0.3 is 0 Å². The first-order valence-electron chi connectivity index (χ1n) is 7.01. The van der Waals surface area contributed by atoms with Gasteiger partial charge in [-0.1, -0.05) is 17.3 Å². The average molecular weight is 312 g/mol. The van der Waals surface area contributed by atoms with E-state index in [4.69, 9.17) is 4.52 Å². The van der Waals surface area contributed by atoms with Crippen LogP contribution in [0.3, 0.4) is 0 Å². The first kappa shape index (κ1) is 15.9. The highest BCUT2D eigenvalue weighted by atomic mass is 35.5. The summed E-state index contributed by atoms with van der Waals surface area (Å²) >= 11 is 0. The number of rotatable bonds is 3. The molecule has 0 radical (unpaired) electrons. The Labute approximate surface area is 129 Å². The minimum absolute atomic E-state index is 0. The van der Waals surface area contributed by atoms with Crippen LogP contribution in [0.15, 0.2) is 28.8 Å².